The van der Waals surface area contributed by atoms with E-state index in [4.69, 9.17) is 4.74 Å². The van der Waals surface area contributed by atoms with Gasteiger partial charge in [0.15, 0.2) is 11.0 Å². The van der Waals surface area contributed by atoms with Crippen LogP contribution in [0.3, 0.4) is 0 Å². The van der Waals surface area contributed by atoms with Crippen LogP contribution in [0.1, 0.15) is 35.8 Å². The highest BCUT2D eigenvalue weighted by Crippen LogP contribution is 2.33. The number of allylic oxidation sites excluding steroid dienone is 1. The molecule has 9 heteroatoms. The molecule has 2 aromatic carbocycles. The van der Waals surface area contributed by atoms with Gasteiger partial charge >= 0.3 is 5.97 Å². The lowest BCUT2D eigenvalue weighted by Crippen LogP contribution is -3.00. The number of amidine groups is 1. The van der Waals surface area contributed by atoms with E-state index >= 15 is 0 Å². The largest absolute Gasteiger partial charge is 1.00 e. The third-order valence-electron chi connectivity index (χ3n) is 4.40. The number of benzene rings is 2. The molecule has 0 saturated carbocycles. The van der Waals surface area contributed by atoms with Gasteiger partial charge in [-0.15, -0.1) is 0 Å². The average molecular weight is 466 g/mol. The molecule has 164 valence electrons. The number of hydrogen-bond donors (Lipinski definition) is 1. The number of ketones is 1. The van der Waals surface area contributed by atoms with E-state index in [9.17, 15) is 18.4 Å². The first-order valence-electron chi connectivity index (χ1n) is 9.29. The number of Topliss-reactive ketones (excluding diaryl/α,β-unsaturated/α-hetero) is 1. The standard InChI is InChI=1S/C22H20F2N2O3S.ClH/c1-3-29-21(28)19-13(2)25-22(26-20(19)14-7-5-4-6-8-14)30-12-18(27)16-10-9-15(23)11-17(16)24;/h4-11,20H,3,12H2,1-2H3,(H,25,26);1H/p-1. The summed E-state index contributed by atoms with van der Waals surface area (Å²) in [5.74, 6) is -2.70. The zero-order chi connectivity index (χ0) is 21.7. The minimum atomic E-state index is -0.901. The molecule has 1 unspecified atom stereocenters. The molecule has 3 rings (SSSR count). The highest BCUT2D eigenvalue weighted by atomic mass is 35.5. The van der Waals surface area contributed by atoms with Crippen LogP contribution in [0.2, 0.25) is 0 Å². The van der Waals surface area contributed by atoms with Crippen molar-refractivity contribution in [3.63, 3.8) is 0 Å². The van der Waals surface area contributed by atoms with Crippen LogP contribution in [0.15, 0.2) is 64.8 Å². The molecule has 0 aromatic heterocycles. The van der Waals surface area contributed by atoms with E-state index in [1.54, 1.807) is 13.8 Å². The zero-order valence-corrected chi connectivity index (χ0v) is 18.4. The lowest BCUT2D eigenvalue weighted by Gasteiger charge is -2.25. The number of aliphatic imine (C=N–C) groups is 1. The molecule has 0 amide bonds. The van der Waals surface area contributed by atoms with Gasteiger partial charge in [-0.05, 0) is 31.5 Å². The Labute approximate surface area is 189 Å². The fourth-order valence-corrected chi connectivity index (χ4v) is 3.83. The molecule has 31 heavy (non-hydrogen) atoms. The van der Waals surface area contributed by atoms with Gasteiger partial charge in [-0.2, -0.15) is 0 Å². The molecule has 0 fully saturated rings. The average Bonchev–Trinajstić information content (AvgIpc) is 2.72. The van der Waals surface area contributed by atoms with Crippen molar-refractivity contribution in [3.8, 4) is 0 Å². The number of thioether (sulfide) groups is 1. The number of nitrogens with one attached hydrogen (secondary N) is 1. The van der Waals surface area contributed by atoms with Crippen molar-refractivity contribution < 1.29 is 35.5 Å². The van der Waals surface area contributed by atoms with Crippen molar-refractivity contribution in [1.82, 2.24) is 5.32 Å². The third kappa shape index (κ3) is 5.92. The fourth-order valence-electron chi connectivity index (χ4n) is 3.00. The van der Waals surface area contributed by atoms with Gasteiger partial charge in [0.2, 0.25) is 0 Å². The maximum absolute atomic E-state index is 13.8. The second kappa shape index (κ2) is 11.1. The quantitative estimate of drug-likeness (QED) is 0.516. The van der Waals surface area contributed by atoms with Gasteiger partial charge in [0, 0.05) is 11.8 Å². The van der Waals surface area contributed by atoms with Gasteiger partial charge in [0.25, 0.3) is 0 Å². The number of carbonyl (C=O) groups excluding carboxylic acids is 2. The number of nitrogens with zero attached hydrogens (tertiary/aromatic N) is 1. The SMILES string of the molecule is CCOC(=O)C1=C(C)NC(SCC(=O)c2ccc(F)cc2F)=NC1c1ccccc1.[Cl-]. The first-order valence-corrected chi connectivity index (χ1v) is 10.3. The van der Waals surface area contributed by atoms with Crippen LogP contribution in [0, 0.1) is 11.6 Å². The summed E-state index contributed by atoms with van der Waals surface area (Å²) in [7, 11) is 0. The molecule has 2 aromatic rings. The van der Waals surface area contributed by atoms with Crippen molar-refractivity contribution >= 4 is 28.7 Å². The summed E-state index contributed by atoms with van der Waals surface area (Å²) in [6.45, 7) is 3.70. The van der Waals surface area contributed by atoms with E-state index in [2.05, 4.69) is 10.3 Å². The Morgan fingerprint density at radius 2 is 1.87 bits per heavy atom. The van der Waals surface area contributed by atoms with Gasteiger partial charge in [0.05, 0.1) is 23.5 Å². The Morgan fingerprint density at radius 1 is 1.16 bits per heavy atom. The normalized spacial score (nSPS) is 15.5. The molecule has 1 N–H and O–H groups in total. The molecule has 0 saturated heterocycles. The van der Waals surface area contributed by atoms with Gasteiger partial charge in [-0.25, -0.2) is 18.6 Å². The van der Waals surface area contributed by atoms with Gasteiger partial charge in [-0.1, -0.05) is 42.1 Å². The zero-order valence-electron chi connectivity index (χ0n) is 16.8. The van der Waals surface area contributed by atoms with Crippen molar-refractivity contribution in [1.29, 1.82) is 0 Å². The molecule has 0 bridgehead atoms. The van der Waals surface area contributed by atoms with Crippen molar-refractivity contribution in [2.24, 2.45) is 4.99 Å². The minimum absolute atomic E-state index is 0. The van der Waals surface area contributed by atoms with Crippen LogP contribution in [-0.4, -0.2) is 29.3 Å². The number of halogens is 3. The Balaban J connectivity index is 0.00000341. The maximum atomic E-state index is 13.8. The summed E-state index contributed by atoms with van der Waals surface area (Å²) in [6.07, 6.45) is 0. The van der Waals surface area contributed by atoms with Crippen LogP contribution in [0.25, 0.3) is 0 Å². The molecule has 0 aliphatic carbocycles. The van der Waals surface area contributed by atoms with Gasteiger partial charge < -0.3 is 22.5 Å². The van der Waals surface area contributed by atoms with Crippen molar-refractivity contribution in [2.75, 3.05) is 12.4 Å². The highest BCUT2D eigenvalue weighted by Gasteiger charge is 2.30. The topological polar surface area (TPSA) is 67.8 Å². The van der Waals surface area contributed by atoms with E-state index in [0.29, 0.717) is 22.5 Å². The monoisotopic (exact) mass is 465 g/mol. The molecule has 0 spiro atoms. The third-order valence-corrected chi connectivity index (χ3v) is 5.29. The summed E-state index contributed by atoms with van der Waals surface area (Å²) in [6, 6.07) is 11.5. The molecule has 1 atom stereocenters. The fraction of sp³-hybridized carbons (Fsp3) is 0.227. The van der Waals surface area contributed by atoms with Crippen LogP contribution in [0.4, 0.5) is 8.78 Å². The molecule has 1 aliphatic heterocycles. The van der Waals surface area contributed by atoms with Crippen LogP contribution in [0.5, 0.6) is 0 Å². The molecule has 1 heterocycles. The lowest BCUT2D eigenvalue weighted by atomic mass is 9.97. The number of esters is 1. The highest BCUT2D eigenvalue weighted by molar-refractivity contribution is 8.14. The number of ether oxygens (including phenoxy) is 1. The molecular formula is C22H20ClF2N2O3S-. The molecule has 0 radical (unpaired) electrons. The van der Waals surface area contributed by atoms with Crippen LogP contribution >= 0.6 is 11.8 Å². The van der Waals surface area contributed by atoms with Crippen molar-refractivity contribution in [3.05, 3.63) is 82.6 Å². The summed E-state index contributed by atoms with van der Waals surface area (Å²) >= 11 is 1.09. The van der Waals surface area contributed by atoms with Gasteiger partial charge in [-0.3, -0.25) is 4.79 Å². The predicted molar refractivity (Wildman–Crippen MR) is 112 cm³/mol. The Kier molecular flexibility index (Phi) is 8.76. The van der Waals surface area contributed by atoms with E-state index in [-0.39, 0.29) is 30.3 Å². The second-order valence-corrected chi connectivity index (χ2v) is 7.43. The van der Waals surface area contributed by atoms with Crippen molar-refractivity contribution in [2.45, 2.75) is 19.9 Å². The summed E-state index contributed by atoms with van der Waals surface area (Å²) < 4.78 is 32.1. The van der Waals surface area contributed by atoms with E-state index in [0.717, 1.165) is 29.5 Å². The minimum Gasteiger partial charge on any atom is -1.00 e. The van der Waals surface area contributed by atoms with Crippen LogP contribution < -0.4 is 17.7 Å². The summed E-state index contributed by atoms with van der Waals surface area (Å²) in [4.78, 5) is 29.4. The second-order valence-electron chi connectivity index (χ2n) is 6.47. The summed E-state index contributed by atoms with van der Waals surface area (Å²) in [5.41, 5.74) is 1.58. The molecule has 1 aliphatic rings. The van der Waals surface area contributed by atoms with Gasteiger partial charge in [0.1, 0.15) is 17.7 Å². The Morgan fingerprint density at radius 3 is 2.52 bits per heavy atom. The predicted octanol–water partition coefficient (Wildman–Crippen LogP) is 1.42. The maximum Gasteiger partial charge on any atom is 0.338 e. The number of rotatable bonds is 6. The molecule has 5 nitrogen and oxygen atoms in total. The smallest absolute Gasteiger partial charge is 0.338 e. The summed E-state index contributed by atoms with van der Waals surface area (Å²) in [5, 5.41) is 3.44. The molecular weight excluding hydrogens is 446 g/mol. The van der Waals surface area contributed by atoms with Crippen LogP contribution in [-0.2, 0) is 9.53 Å². The Hall–Kier alpha value is -2.71. The first kappa shape index (κ1) is 24.6. The Bertz CT molecular complexity index is 1030. The van der Waals surface area contributed by atoms with E-state index in [1.165, 1.54) is 0 Å². The first-order chi connectivity index (χ1) is 14.4. The number of carbonyl (C=O) groups is 2. The number of hydrogen-bond acceptors (Lipinski definition) is 6. The lowest BCUT2D eigenvalue weighted by molar-refractivity contribution is -0.138. The van der Waals surface area contributed by atoms with E-state index in [1.807, 2.05) is 30.3 Å². The van der Waals surface area contributed by atoms with E-state index < -0.39 is 29.4 Å².